The van der Waals surface area contributed by atoms with Crippen LogP contribution in [0.5, 0.6) is 5.75 Å². The van der Waals surface area contributed by atoms with Gasteiger partial charge in [0.2, 0.25) is 0 Å². The molecular formula is C9H7N5O. The molecule has 0 amide bonds. The van der Waals surface area contributed by atoms with Gasteiger partial charge in [0.05, 0.1) is 12.6 Å². The van der Waals surface area contributed by atoms with Crippen molar-refractivity contribution in [2.75, 3.05) is 7.11 Å². The van der Waals surface area contributed by atoms with Crippen LogP contribution in [0.3, 0.4) is 0 Å². The Morgan fingerprint density at radius 1 is 1.20 bits per heavy atom. The van der Waals surface area contributed by atoms with E-state index in [-0.39, 0.29) is 0 Å². The molecule has 3 aromatic rings. The second kappa shape index (κ2) is 2.88. The van der Waals surface area contributed by atoms with Crippen LogP contribution in [0.2, 0.25) is 0 Å². The third kappa shape index (κ3) is 1.11. The van der Waals surface area contributed by atoms with E-state index in [4.69, 9.17) is 4.74 Å². The van der Waals surface area contributed by atoms with Gasteiger partial charge in [-0.05, 0) is 12.1 Å². The van der Waals surface area contributed by atoms with Crippen LogP contribution >= 0.6 is 0 Å². The standard InChI is InChI=1S/C9H7N5O/c1-15-6-2-3-8-7(4-6)11-13-9-12-10-5-14(8)9/h2-5H,1H3. The SMILES string of the molecule is COc1ccc2c(c1)nnc1nncn12. The van der Waals surface area contributed by atoms with Crippen molar-refractivity contribution in [3.63, 3.8) is 0 Å². The predicted octanol–water partition coefficient (Wildman–Crippen LogP) is 0.681. The highest BCUT2D eigenvalue weighted by atomic mass is 16.5. The third-order valence-corrected chi connectivity index (χ3v) is 2.22. The maximum absolute atomic E-state index is 5.11. The molecule has 3 rings (SSSR count). The first-order valence-corrected chi connectivity index (χ1v) is 4.38. The van der Waals surface area contributed by atoms with E-state index in [1.165, 1.54) is 0 Å². The molecule has 0 fully saturated rings. The van der Waals surface area contributed by atoms with Gasteiger partial charge in [-0.15, -0.1) is 20.4 Å². The van der Waals surface area contributed by atoms with Gasteiger partial charge in [0.15, 0.2) is 0 Å². The minimum atomic E-state index is 0.493. The van der Waals surface area contributed by atoms with E-state index in [9.17, 15) is 0 Å². The van der Waals surface area contributed by atoms with Crippen LogP contribution in [0, 0.1) is 0 Å². The largest absolute Gasteiger partial charge is 0.497 e. The van der Waals surface area contributed by atoms with Crippen molar-refractivity contribution >= 4 is 16.8 Å². The number of fused-ring (bicyclic) bond motifs is 3. The van der Waals surface area contributed by atoms with Crippen LogP contribution in [0.1, 0.15) is 0 Å². The van der Waals surface area contributed by atoms with E-state index in [0.717, 1.165) is 16.8 Å². The number of rotatable bonds is 1. The summed E-state index contributed by atoms with van der Waals surface area (Å²) in [5, 5.41) is 15.6. The molecule has 6 heteroatoms. The zero-order valence-electron chi connectivity index (χ0n) is 7.95. The summed E-state index contributed by atoms with van der Waals surface area (Å²) in [4.78, 5) is 0. The van der Waals surface area contributed by atoms with Crippen LogP contribution < -0.4 is 4.74 Å². The molecule has 0 N–H and O–H groups in total. The predicted molar refractivity (Wildman–Crippen MR) is 52.6 cm³/mol. The van der Waals surface area contributed by atoms with Crippen molar-refractivity contribution in [1.82, 2.24) is 24.8 Å². The quantitative estimate of drug-likeness (QED) is 0.579. The molecule has 0 radical (unpaired) electrons. The third-order valence-electron chi connectivity index (χ3n) is 2.22. The smallest absolute Gasteiger partial charge is 0.274 e. The van der Waals surface area contributed by atoms with Crippen LogP contribution in [0.15, 0.2) is 24.5 Å². The first kappa shape index (κ1) is 8.10. The first-order chi connectivity index (χ1) is 7.38. The Balaban J connectivity index is 2.44. The number of ether oxygens (including phenoxy) is 1. The summed E-state index contributed by atoms with van der Waals surface area (Å²) in [5.41, 5.74) is 1.66. The molecule has 0 aliphatic heterocycles. The minimum absolute atomic E-state index is 0.493. The molecule has 1 aromatic carbocycles. The molecule has 6 nitrogen and oxygen atoms in total. The van der Waals surface area contributed by atoms with Crippen LogP contribution in [-0.4, -0.2) is 31.9 Å². The van der Waals surface area contributed by atoms with Gasteiger partial charge in [-0.3, -0.25) is 4.40 Å². The highest BCUT2D eigenvalue weighted by Crippen LogP contribution is 2.18. The maximum Gasteiger partial charge on any atom is 0.274 e. The lowest BCUT2D eigenvalue weighted by Gasteiger charge is -2.01. The second-order valence-electron chi connectivity index (χ2n) is 3.06. The van der Waals surface area contributed by atoms with Crippen molar-refractivity contribution in [2.45, 2.75) is 0 Å². The Morgan fingerprint density at radius 2 is 2.13 bits per heavy atom. The molecular weight excluding hydrogens is 194 g/mol. The van der Waals surface area contributed by atoms with E-state index in [1.54, 1.807) is 17.8 Å². The summed E-state index contributed by atoms with van der Waals surface area (Å²) >= 11 is 0. The fourth-order valence-corrected chi connectivity index (χ4v) is 1.48. The van der Waals surface area contributed by atoms with Crippen LogP contribution in [-0.2, 0) is 0 Å². The van der Waals surface area contributed by atoms with Crippen molar-refractivity contribution < 1.29 is 4.74 Å². The lowest BCUT2D eigenvalue weighted by molar-refractivity contribution is 0.415. The summed E-state index contributed by atoms with van der Waals surface area (Å²) in [6.07, 6.45) is 1.61. The number of hydrogen-bond donors (Lipinski definition) is 0. The molecule has 2 heterocycles. The van der Waals surface area contributed by atoms with Crippen molar-refractivity contribution in [3.8, 4) is 5.75 Å². The van der Waals surface area contributed by atoms with Gasteiger partial charge >= 0.3 is 0 Å². The molecule has 0 saturated heterocycles. The number of hydrogen-bond acceptors (Lipinski definition) is 5. The van der Waals surface area contributed by atoms with Crippen molar-refractivity contribution in [3.05, 3.63) is 24.5 Å². The zero-order valence-corrected chi connectivity index (χ0v) is 7.95. The van der Waals surface area contributed by atoms with Gasteiger partial charge in [0.25, 0.3) is 5.78 Å². The molecule has 0 unspecified atom stereocenters. The molecule has 0 saturated carbocycles. The number of aromatic nitrogens is 5. The molecule has 2 aromatic heterocycles. The summed E-state index contributed by atoms with van der Waals surface area (Å²) in [6, 6.07) is 5.59. The van der Waals surface area contributed by atoms with E-state index in [2.05, 4.69) is 20.4 Å². The van der Waals surface area contributed by atoms with Gasteiger partial charge in [0, 0.05) is 6.07 Å². The fourth-order valence-electron chi connectivity index (χ4n) is 1.48. The molecule has 0 atom stereocenters. The van der Waals surface area contributed by atoms with E-state index in [0.29, 0.717) is 5.78 Å². The lowest BCUT2D eigenvalue weighted by atomic mass is 10.3. The Morgan fingerprint density at radius 3 is 3.00 bits per heavy atom. The molecule has 0 aliphatic rings. The van der Waals surface area contributed by atoms with Gasteiger partial charge in [-0.25, -0.2) is 0 Å². The summed E-state index contributed by atoms with van der Waals surface area (Å²) in [5.74, 6) is 1.25. The number of benzene rings is 1. The summed E-state index contributed by atoms with van der Waals surface area (Å²) in [7, 11) is 1.62. The van der Waals surface area contributed by atoms with E-state index >= 15 is 0 Å². The molecule has 15 heavy (non-hydrogen) atoms. The highest BCUT2D eigenvalue weighted by Gasteiger charge is 2.04. The van der Waals surface area contributed by atoms with Crippen LogP contribution in [0.4, 0.5) is 0 Å². The Kier molecular flexibility index (Phi) is 1.55. The fraction of sp³-hybridized carbons (Fsp3) is 0.111. The minimum Gasteiger partial charge on any atom is -0.497 e. The van der Waals surface area contributed by atoms with Crippen molar-refractivity contribution in [2.24, 2.45) is 0 Å². The monoisotopic (exact) mass is 201 g/mol. The topological polar surface area (TPSA) is 65.2 Å². The van der Waals surface area contributed by atoms with Gasteiger partial charge in [-0.1, -0.05) is 0 Å². The number of methoxy groups -OCH3 is 1. The molecule has 0 aliphatic carbocycles. The number of nitrogens with zero attached hydrogens (tertiary/aromatic N) is 5. The Bertz CT molecular complexity index is 633. The highest BCUT2D eigenvalue weighted by molar-refractivity contribution is 5.77. The molecule has 0 spiro atoms. The van der Waals surface area contributed by atoms with Gasteiger partial charge < -0.3 is 4.74 Å². The molecule has 0 bridgehead atoms. The van der Waals surface area contributed by atoms with E-state index < -0.39 is 0 Å². The normalized spacial score (nSPS) is 11.0. The zero-order chi connectivity index (χ0) is 10.3. The van der Waals surface area contributed by atoms with E-state index in [1.807, 2.05) is 18.2 Å². The van der Waals surface area contributed by atoms with Gasteiger partial charge in [-0.2, -0.15) is 0 Å². The van der Waals surface area contributed by atoms with Crippen LogP contribution in [0.25, 0.3) is 16.8 Å². The van der Waals surface area contributed by atoms with Gasteiger partial charge in [0.1, 0.15) is 17.6 Å². The second-order valence-corrected chi connectivity index (χ2v) is 3.06. The maximum atomic E-state index is 5.11. The first-order valence-electron chi connectivity index (χ1n) is 4.38. The molecule has 74 valence electrons. The summed E-state index contributed by atoms with van der Waals surface area (Å²) < 4.78 is 6.89. The average molecular weight is 201 g/mol. The summed E-state index contributed by atoms with van der Waals surface area (Å²) in [6.45, 7) is 0. The Labute approximate surface area is 84.5 Å². The van der Waals surface area contributed by atoms with Crippen molar-refractivity contribution in [1.29, 1.82) is 0 Å². The average Bonchev–Trinajstić information content (AvgIpc) is 2.76. The Hall–Kier alpha value is -2.24. The lowest BCUT2D eigenvalue weighted by Crippen LogP contribution is -1.94.